The average Bonchev–Trinajstić information content (AvgIpc) is 3.07. The van der Waals surface area contributed by atoms with Crippen LogP contribution in [0.25, 0.3) is 0 Å². The monoisotopic (exact) mass is 330 g/mol. The van der Waals surface area contributed by atoms with Gasteiger partial charge < -0.3 is 16.4 Å². The first kappa shape index (κ1) is 18.3. The third-order valence-corrected chi connectivity index (χ3v) is 4.59. The van der Waals surface area contributed by atoms with E-state index in [4.69, 9.17) is 5.73 Å². The van der Waals surface area contributed by atoms with Gasteiger partial charge in [0.15, 0.2) is 5.96 Å². The molecule has 0 aliphatic heterocycles. The number of hydrogen-bond donors (Lipinski definition) is 3. The van der Waals surface area contributed by atoms with Crippen LogP contribution in [0.1, 0.15) is 57.1 Å². The van der Waals surface area contributed by atoms with Gasteiger partial charge in [0, 0.05) is 18.2 Å². The number of nitrogens with two attached hydrogens (primary N) is 1. The van der Waals surface area contributed by atoms with E-state index in [2.05, 4.69) is 47.7 Å². The third kappa shape index (κ3) is 5.25. The van der Waals surface area contributed by atoms with Crippen molar-refractivity contribution >= 4 is 17.6 Å². The van der Waals surface area contributed by atoms with Crippen LogP contribution >= 0.6 is 0 Å². The van der Waals surface area contributed by atoms with E-state index in [-0.39, 0.29) is 5.91 Å². The van der Waals surface area contributed by atoms with Crippen LogP contribution in [0.5, 0.6) is 0 Å². The van der Waals surface area contributed by atoms with E-state index in [0.717, 1.165) is 31.4 Å². The van der Waals surface area contributed by atoms with E-state index >= 15 is 0 Å². The number of rotatable bonds is 7. The Hall–Kier alpha value is -2.04. The Bertz CT molecular complexity index is 554. The first-order chi connectivity index (χ1) is 11.6. The molecule has 5 heteroatoms. The molecule has 132 valence electrons. The van der Waals surface area contributed by atoms with Crippen LogP contribution in [0.15, 0.2) is 23.2 Å². The van der Waals surface area contributed by atoms with Crippen molar-refractivity contribution in [2.24, 2.45) is 10.7 Å². The highest BCUT2D eigenvalue weighted by atomic mass is 16.1. The van der Waals surface area contributed by atoms with Crippen LogP contribution in [0.2, 0.25) is 0 Å². The summed E-state index contributed by atoms with van der Waals surface area (Å²) in [6, 6.07) is 6.64. The molecule has 0 heterocycles. The number of anilines is 1. The van der Waals surface area contributed by atoms with Crippen molar-refractivity contribution in [3.8, 4) is 0 Å². The van der Waals surface area contributed by atoms with Gasteiger partial charge in [0.25, 0.3) is 0 Å². The Morgan fingerprint density at radius 2 is 1.83 bits per heavy atom. The maximum Gasteiger partial charge on any atom is 0.222 e. The van der Waals surface area contributed by atoms with E-state index in [1.54, 1.807) is 0 Å². The molecule has 5 nitrogen and oxygen atoms in total. The smallest absolute Gasteiger partial charge is 0.222 e. The predicted molar refractivity (Wildman–Crippen MR) is 100 cm³/mol. The Labute approximate surface area is 145 Å². The first-order valence-corrected chi connectivity index (χ1v) is 9.11. The van der Waals surface area contributed by atoms with Crippen molar-refractivity contribution in [2.45, 2.75) is 64.8 Å². The summed E-state index contributed by atoms with van der Waals surface area (Å²) < 4.78 is 0. The molecular weight excluding hydrogens is 300 g/mol. The minimum Gasteiger partial charge on any atom is -0.370 e. The summed E-state index contributed by atoms with van der Waals surface area (Å²) in [5.74, 6) is 0.445. The minimum absolute atomic E-state index is 0.0710. The highest BCUT2D eigenvalue weighted by molar-refractivity contribution is 5.94. The summed E-state index contributed by atoms with van der Waals surface area (Å²) in [5, 5.41) is 6.29. The number of benzene rings is 1. The van der Waals surface area contributed by atoms with Crippen molar-refractivity contribution in [3.63, 3.8) is 0 Å². The van der Waals surface area contributed by atoms with Crippen LogP contribution in [-0.2, 0) is 17.6 Å². The minimum atomic E-state index is 0.0710. The number of aryl methyl sites for hydroxylation is 2. The van der Waals surface area contributed by atoms with Gasteiger partial charge in [0.1, 0.15) is 0 Å². The second-order valence-electron chi connectivity index (χ2n) is 6.35. The lowest BCUT2D eigenvalue weighted by atomic mass is 10.0. The number of aliphatic imine (C=N–C) groups is 1. The van der Waals surface area contributed by atoms with Crippen molar-refractivity contribution < 1.29 is 4.79 Å². The number of carbonyl (C=O) groups excluding carboxylic acids is 1. The molecule has 0 saturated heterocycles. The Morgan fingerprint density at radius 3 is 2.42 bits per heavy atom. The lowest BCUT2D eigenvalue weighted by molar-refractivity contribution is -0.121. The summed E-state index contributed by atoms with van der Waals surface area (Å²) in [7, 11) is 0. The summed E-state index contributed by atoms with van der Waals surface area (Å²) in [5.41, 5.74) is 9.52. The van der Waals surface area contributed by atoms with Crippen molar-refractivity contribution in [2.75, 3.05) is 11.9 Å². The van der Waals surface area contributed by atoms with E-state index in [9.17, 15) is 4.79 Å². The molecule has 0 aromatic heterocycles. The lowest BCUT2D eigenvalue weighted by Gasteiger charge is -2.15. The van der Waals surface area contributed by atoms with E-state index in [0.29, 0.717) is 25.0 Å². The van der Waals surface area contributed by atoms with Crippen LogP contribution in [0, 0.1) is 0 Å². The molecule has 0 unspecified atom stereocenters. The van der Waals surface area contributed by atoms with Crippen LogP contribution in [0.3, 0.4) is 0 Å². The van der Waals surface area contributed by atoms with Gasteiger partial charge in [-0.1, -0.05) is 44.9 Å². The fraction of sp³-hybridized carbons (Fsp3) is 0.579. The molecule has 2 rings (SSSR count). The highest BCUT2D eigenvalue weighted by Gasteiger charge is 2.16. The van der Waals surface area contributed by atoms with E-state index in [1.807, 2.05) is 0 Å². The molecular formula is C19H30N4O. The Balaban J connectivity index is 1.86. The van der Waals surface area contributed by atoms with Gasteiger partial charge in [-0.05, 0) is 36.8 Å². The number of hydrogen-bond acceptors (Lipinski definition) is 2. The molecule has 1 fully saturated rings. The molecule has 24 heavy (non-hydrogen) atoms. The van der Waals surface area contributed by atoms with Gasteiger partial charge in [-0.25, -0.2) is 0 Å². The number of para-hydroxylation sites is 1. The van der Waals surface area contributed by atoms with E-state index < -0.39 is 0 Å². The standard InChI is InChI=1S/C19H30N4O/c1-3-14-8-7-9-15(4-2)18(14)23-19(20)21-13-12-17(24)22-16-10-5-6-11-16/h7-9,16H,3-6,10-13H2,1-2H3,(H,22,24)(H3,20,21,23). The molecule has 1 saturated carbocycles. The van der Waals surface area contributed by atoms with Crippen molar-refractivity contribution in [1.82, 2.24) is 5.32 Å². The van der Waals surface area contributed by atoms with Gasteiger partial charge in [-0.2, -0.15) is 0 Å². The van der Waals surface area contributed by atoms with Crippen molar-refractivity contribution in [3.05, 3.63) is 29.3 Å². The zero-order valence-corrected chi connectivity index (χ0v) is 14.9. The highest BCUT2D eigenvalue weighted by Crippen LogP contribution is 2.22. The van der Waals surface area contributed by atoms with Gasteiger partial charge in [0.2, 0.25) is 5.91 Å². The molecule has 0 radical (unpaired) electrons. The second-order valence-corrected chi connectivity index (χ2v) is 6.35. The number of nitrogens with zero attached hydrogens (tertiary/aromatic N) is 1. The average molecular weight is 330 g/mol. The molecule has 1 aliphatic carbocycles. The first-order valence-electron chi connectivity index (χ1n) is 9.11. The Morgan fingerprint density at radius 1 is 1.21 bits per heavy atom. The number of guanidine groups is 1. The second kappa shape index (κ2) is 9.30. The zero-order valence-electron chi connectivity index (χ0n) is 14.9. The van der Waals surface area contributed by atoms with Crippen LogP contribution in [-0.4, -0.2) is 24.5 Å². The molecule has 0 atom stereocenters. The van der Waals surface area contributed by atoms with Crippen LogP contribution in [0.4, 0.5) is 5.69 Å². The summed E-state index contributed by atoms with van der Waals surface area (Å²) in [6.07, 6.45) is 6.90. The van der Waals surface area contributed by atoms with Gasteiger partial charge in [0.05, 0.1) is 6.54 Å². The number of amides is 1. The molecule has 0 spiro atoms. The zero-order chi connectivity index (χ0) is 17.4. The maximum atomic E-state index is 11.9. The summed E-state index contributed by atoms with van der Waals surface area (Å²) >= 11 is 0. The third-order valence-electron chi connectivity index (χ3n) is 4.59. The molecule has 4 N–H and O–H groups in total. The summed E-state index contributed by atoms with van der Waals surface area (Å²) in [4.78, 5) is 16.2. The van der Waals surface area contributed by atoms with Gasteiger partial charge in [-0.15, -0.1) is 0 Å². The van der Waals surface area contributed by atoms with Gasteiger partial charge in [-0.3, -0.25) is 9.79 Å². The van der Waals surface area contributed by atoms with Gasteiger partial charge >= 0.3 is 0 Å². The number of nitrogens with one attached hydrogen (secondary N) is 2. The summed E-state index contributed by atoms with van der Waals surface area (Å²) in [6.45, 7) is 4.66. The molecule has 0 bridgehead atoms. The lowest BCUT2D eigenvalue weighted by Crippen LogP contribution is -2.33. The quantitative estimate of drug-likeness (QED) is 0.531. The van der Waals surface area contributed by atoms with Crippen molar-refractivity contribution in [1.29, 1.82) is 0 Å². The molecule has 1 aromatic carbocycles. The number of carbonyl (C=O) groups is 1. The van der Waals surface area contributed by atoms with Crippen LogP contribution < -0.4 is 16.4 Å². The Kier molecular flexibility index (Phi) is 7.09. The normalized spacial score (nSPS) is 15.5. The van der Waals surface area contributed by atoms with E-state index in [1.165, 1.54) is 24.0 Å². The molecule has 1 amide bonds. The maximum absolute atomic E-state index is 11.9. The predicted octanol–water partition coefficient (Wildman–Crippen LogP) is 2.99. The largest absolute Gasteiger partial charge is 0.370 e. The SMILES string of the molecule is CCc1cccc(CC)c1NC(N)=NCCC(=O)NC1CCCC1. The fourth-order valence-corrected chi connectivity index (χ4v) is 3.22. The molecule has 1 aromatic rings. The fourth-order valence-electron chi connectivity index (χ4n) is 3.22. The molecule has 1 aliphatic rings. The topological polar surface area (TPSA) is 79.5 Å².